The second-order valence-corrected chi connectivity index (χ2v) is 5.04. The Morgan fingerprint density at radius 3 is 2.50 bits per heavy atom. The second-order valence-electron chi connectivity index (χ2n) is 4.12. The fraction of sp³-hybridized carbons (Fsp3) is 0.462. The first-order valence-corrected chi connectivity index (χ1v) is 6.46. The molecule has 2 atom stereocenters. The molecule has 5 heteroatoms. The molecule has 0 heterocycles. The van der Waals surface area contributed by atoms with E-state index in [-0.39, 0.29) is 17.9 Å². The van der Waals surface area contributed by atoms with Gasteiger partial charge in [-0.2, -0.15) is 0 Å². The smallest absolute Gasteiger partial charge is 0.310 e. The maximum atomic E-state index is 11.4. The maximum Gasteiger partial charge on any atom is 0.310 e. The molecular formula is C13H18BrNO3. The van der Waals surface area contributed by atoms with Gasteiger partial charge in [0, 0.05) is 22.3 Å². The molecule has 0 radical (unpaired) electrons. The summed E-state index contributed by atoms with van der Waals surface area (Å²) in [5.74, 6) is 0.307. The Morgan fingerprint density at radius 2 is 1.94 bits per heavy atom. The van der Waals surface area contributed by atoms with Gasteiger partial charge in [0.15, 0.2) is 0 Å². The first-order chi connectivity index (χ1) is 8.47. The highest BCUT2D eigenvalue weighted by Gasteiger charge is 2.20. The van der Waals surface area contributed by atoms with Gasteiger partial charge in [0.1, 0.15) is 5.75 Å². The predicted octanol–water partition coefficient (Wildman–Crippen LogP) is 3.07. The highest BCUT2D eigenvalue weighted by atomic mass is 79.9. The van der Waals surface area contributed by atoms with Gasteiger partial charge in [-0.1, -0.05) is 15.9 Å². The van der Waals surface area contributed by atoms with Gasteiger partial charge in [-0.25, -0.2) is 0 Å². The van der Waals surface area contributed by atoms with E-state index >= 15 is 0 Å². The third-order valence-corrected chi connectivity index (χ3v) is 3.28. The molecule has 1 rings (SSSR count). The zero-order valence-electron chi connectivity index (χ0n) is 11.0. The van der Waals surface area contributed by atoms with E-state index in [1.54, 1.807) is 7.11 Å². The highest BCUT2D eigenvalue weighted by Crippen LogP contribution is 2.25. The van der Waals surface area contributed by atoms with Crippen molar-refractivity contribution in [3.8, 4) is 5.75 Å². The number of halogens is 1. The number of nitrogens with one attached hydrogen (secondary N) is 1. The van der Waals surface area contributed by atoms with E-state index < -0.39 is 0 Å². The monoisotopic (exact) mass is 315 g/mol. The summed E-state index contributed by atoms with van der Waals surface area (Å²) in [4.78, 5) is 11.4. The van der Waals surface area contributed by atoms with Crippen LogP contribution < -0.4 is 10.1 Å². The summed E-state index contributed by atoms with van der Waals surface area (Å²) >= 11 is 3.41. The SMILES string of the molecule is COC(=O)C(C)C(C)Nc1cc(Br)cc(OC)c1. The molecule has 0 aliphatic carbocycles. The molecule has 18 heavy (non-hydrogen) atoms. The van der Waals surface area contributed by atoms with Crippen LogP contribution in [0.15, 0.2) is 22.7 Å². The summed E-state index contributed by atoms with van der Waals surface area (Å²) in [7, 11) is 3.01. The van der Waals surface area contributed by atoms with E-state index in [4.69, 9.17) is 9.47 Å². The van der Waals surface area contributed by atoms with Crippen molar-refractivity contribution in [3.63, 3.8) is 0 Å². The molecule has 0 amide bonds. The number of ether oxygens (including phenoxy) is 2. The minimum atomic E-state index is -0.225. The van der Waals surface area contributed by atoms with Crippen molar-refractivity contribution in [1.82, 2.24) is 0 Å². The Balaban J connectivity index is 2.78. The molecule has 0 bridgehead atoms. The summed E-state index contributed by atoms with van der Waals surface area (Å²) < 4.78 is 10.8. The van der Waals surface area contributed by atoms with E-state index in [9.17, 15) is 4.79 Å². The minimum Gasteiger partial charge on any atom is -0.497 e. The standard InChI is InChI=1S/C13H18BrNO3/c1-8(13(16)18-4)9(2)15-11-5-10(14)6-12(7-11)17-3/h5-9,15H,1-4H3. The normalized spacial score (nSPS) is 13.6. The van der Waals surface area contributed by atoms with E-state index in [0.717, 1.165) is 15.9 Å². The molecular weight excluding hydrogens is 298 g/mol. The number of carbonyl (C=O) groups excluding carboxylic acids is 1. The Labute approximate surface area is 116 Å². The minimum absolute atomic E-state index is 0.0311. The van der Waals surface area contributed by atoms with Crippen LogP contribution in [-0.2, 0) is 9.53 Å². The Morgan fingerprint density at radius 1 is 1.28 bits per heavy atom. The van der Waals surface area contributed by atoms with Gasteiger partial charge >= 0.3 is 5.97 Å². The summed E-state index contributed by atoms with van der Waals surface area (Å²) in [6.45, 7) is 3.77. The zero-order valence-corrected chi connectivity index (χ0v) is 12.6. The van der Waals surface area contributed by atoms with E-state index in [1.165, 1.54) is 7.11 Å². The number of rotatable bonds is 5. The van der Waals surface area contributed by atoms with Gasteiger partial charge in [-0.15, -0.1) is 0 Å². The van der Waals surface area contributed by atoms with Crippen LogP contribution in [0, 0.1) is 5.92 Å². The maximum absolute atomic E-state index is 11.4. The van der Waals surface area contributed by atoms with Crippen molar-refractivity contribution in [2.45, 2.75) is 19.9 Å². The third-order valence-electron chi connectivity index (χ3n) is 2.82. The molecule has 0 saturated heterocycles. The van der Waals surface area contributed by atoms with Crippen molar-refractivity contribution in [3.05, 3.63) is 22.7 Å². The Hall–Kier alpha value is -1.23. The fourth-order valence-corrected chi connectivity index (χ4v) is 2.01. The van der Waals surface area contributed by atoms with Crippen molar-refractivity contribution < 1.29 is 14.3 Å². The molecule has 100 valence electrons. The summed E-state index contributed by atoms with van der Waals surface area (Å²) in [6.07, 6.45) is 0. The van der Waals surface area contributed by atoms with Crippen LogP contribution in [0.25, 0.3) is 0 Å². The van der Waals surface area contributed by atoms with Gasteiger partial charge in [0.05, 0.1) is 20.1 Å². The number of anilines is 1. The van der Waals surface area contributed by atoms with Crippen LogP contribution in [-0.4, -0.2) is 26.2 Å². The molecule has 1 aromatic rings. The average Bonchev–Trinajstić information content (AvgIpc) is 2.35. The molecule has 1 N–H and O–H groups in total. The van der Waals surface area contributed by atoms with Gasteiger partial charge in [-0.3, -0.25) is 4.79 Å². The van der Waals surface area contributed by atoms with Gasteiger partial charge in [0.25, 0.3) is 0 Å². The molecule has 4 nitrogen and oxygen atoms in total. The predicted molar refractivity (Wildman–Crippen MR) is 75.0 cm³/mol. The van der Waals surface area contributed by atoms with E-state index in [0.29, 0.717) is 0 Å². The van der Waals surface area contributed by atoms with Crippen molar-refractivity contribution in [1.29, 1.82) is 0 Å². The summed E-state index contributed by atoms with van der Waals surface area (Å²) in [5, 5.41) is 3.26. The van der Waals surface area contributed by atoms with Gasteiger partial charge in [0.2, 0.25) is 0 Å². The number of hydrogen-bond donors (Lipinski definition) is 1. The third kappa shape index (κ3) is 3.91. The van der Waals surface area contributed by atoms with E-state index in [2.05, 4.69) is 21.2 Å². The van der Waals surface area contributed by atoms with Gasteiger partial charge in [-0.05, 0) is 26.0 Å². The first-order valence-electron chi connectivity index (χ1n) is 5.67. The van der Waals surface area contributed by atoms with Gasteiger partial charge < -0.3 is 14.8 Å². The van der Waals surface area contributed by atoms with Crippen molar-refractivity contribution >= 4 is 27.6 Å². The average molecular weight is 316 g/mol. The van der Waals surface area contributed by atoms with Crippen LogP contribution in [0.3, 0.4) is 0 Å². The number of hydrogen-bond acceptors (Lipinski definition) is 4. The number of esters is 1. The molecule has 0 aliphatic rings. The number of methoxy groups -OCH3 is 2. The Kier molecular flexibility index (Phi) is 5.47. The van der Waals surface area contributed by atoms with E-state index in [1.807, 2.05) is 32.0 Å². The molecule has 0 saturated carbocycles. The highest BCUT2D eigenvalue weighted by molar-refractivity contribution is 9.10. The van der Waals surface area contributed by atoms with Crippen molar-refractivity contribution in [2.75, 3.05) is 19.5 Å². The first kappa shape index (κ1) is 14.8. The summed E-state index contributed by atoms with van der Waals surface area (Å²) in [5.41, 5.74) is 0.893. The Bertz CT molecular complexity index is 423. The van der Waals surface area contributed by atoms with Crippen LogP contribution in [0.1, 0.15) is 13.8 Å². The largest absolute Gasteiger partial charge is 0.497 e. The lowest BCUT2D eigenvalue weighted by Gasteiger charge is -2.20. The quantitative estimate of drug-likeness (QED) is 0.848. The molecule has 0 aromatic heterocycles. The lowest BCUT2D eigenvalue weighted by Crippen LogP contribution is -2.30. The molecule has 1 aromatic carbocycles. The zero-order chi connectivity index (χ0) is 13.7. The van der Waals surface area contributed by atoms with Crippen molar-refractivity contribution in [2.24, 2.45) is 5.92 Å². The molecule has 0 spiro atoms. The second kappa shape index (κ2) is 6.64. The number of carbonyl (C=O) groups is 1. The molecule has 0 fully saturated rings. The molecule has 0 aliphatic heterocycles. The van der Waals surface area contributed by atoms with Crippen LogP contribution in [0.2, 0.25) is 0 Å². The molecule has 2 unspecified atom stereocenters. The number of benzene rings is 1. The lowest BCUT2D eigenvalue weighted by atomic mass is 10.0. The van der Waals surface area contributed by atoms with Crippen LogP contribution >= 0.6 is 15.9 Å². The van der Waals surface area contributed by atoms with Crippen LogP contribution in [0.4, 0.5) is 5.69 Å². The lowest BCUT2D eigenvalue weighted by molar-refractivity contribution is -0.145. The van der Waals surface area contributed by atoms with Crippen LogP contribution in [0.5, 0.6) is 5.75 Å². The summed E-state index contributed by atoms with van der Waals surface area (Å²) in [6, 6.07) is 5.66. The fourth-order valence-electron chi connectivity index (χ4n) is 1.54. The topological polar surface area (TPSA) is 47.6 Å².